The third kappa shape index (κ3) is 3.61. The van der Waals surface area contributed by atoms with Crippen LogP contribution in [0.1, 0.15) is 63.9 Å². The first kappa shape index (κ1) is 19.6. The number of benzene rings is 1. The topological polar surface area (TPSA) is 33.0 Å². The molecule has 25 heavy (non-hydrogen) atoms. The summed E-state index contributed by atoms with van der Waals surface area (Å²) in [5.41, 5.74) is -2.33. The molecule has 2 rings (SSSR count). The second-order valence-corrected chi connectivity index (χ2v) is 6.80. The van der Waals surface area contributed by atoms with Gasteiger partial charge >= 0.3 is 0 Å². The molecule has 1 aromatic rings. The van der Waals surface area contributed by atoms with Gasteiger partial charge in [-0.3, -0.25) is 0 Å². The van der Waals surface area contributed by atoms with E-state index >= 15 is 0 Å². The molecule has 0 bridgehead atoms. The largest absolute Gasteiger partial charge is 0.491 e. The molecular formula is C19H23F4NO. The van der Waals surface area contributed by atoms with Gasteiger partial charge in [-0.25, -0.2) is 8.78 Å². The van der Waals surface area contributed by atoms with Crippen LogP contribution in [0.25, 0.3) is 0 Å². The highest BCUT2D eigenvalue weighted by Gasteiger charge is 2.44. The molecule has 0 atom stereocenters. The lowest BCUT2D eigenvalue weighted by molar-refractivity contribution is 0.244. The zero-order valence-corrected chi connectivity index (χ0v) is 14.6. The maximum Gasteiger partial charge on any atom is 0.204 e. The van der Waals surface area contributed by atoms with E-state index in [-0.39, 0.29) is 12.8 Å². The molecule has 0 radical (unpaired) electrons. The minimum Gasteiger partial charge on any atom is -0.491 e. The lowest BCUT2D eigenvalue weighted by Gasteiger charge is -2.36. The van der Waals surface area contributed by atoms with Gasteiger partial charge in [0.2, 0.25) is 11.6 Å². The molecular weight excluding hydrogens is 334 g/mol. The Kier molecular flexibility index (Phi) is 6.31. The average molecular weight is 357 g/mol. The fraction of sp³-hybridized carbons (Fsp3) is 0.632. The van der Waals surface area contributed by atoms with Crippen molar-refractivity contribution in [1.82, 2.24) is 0 Å². The van der Waals surface area contributed by atoms with Crippen LogP contribution in [0.5, 0.6) is 5.75 Å². The molecule has 1 aliphatic rings. The lowest BCUT2D eigenvalue weighted by atomic mass is 9.66. The Labute approximate surface area is 145 Å². The summed E-state index contributed by atoms with van der Waals surface area (Å²) in [5.74, 6) is -6.94. The molecule has 1 aliphatic carbocycles. The Bertz CT molecular complexity index is 631. The number of rotatable bonds is 6. The smallest absolute Gasteiger partial charge is 0.204 e. The highest BCUT2D eigenvalue weighted by Crippen LogP contribution is 2.46. The molecule has 0 heterocycles. The van der Waals surface area contributed by atoms with Crippen LogP contribution in [0.15, 0.2) is 0 Å². The van der Waals surface area contributed by atoms with E-state index in [4.69, 9.17) is 0 Å². The van der Waals surface area contributed by atoms with Gasteiger partial charge in [0.05, 0.1) is 24.2 Å². The predicted octanol–water partition coefficient (Wildman–Crippen LogP) is 5.78. The molecule has 0 unspecified atom stereocenters. The molecule has 0 spiro atoms. The monoisotopic (exact) mass is 357 g/mol. The highest BCUT2D eigenvalue weighted by molar-refractivity contribution is 5.42. The number of halogens is 4. The Morgan fingerprint density at radius 3 is 2.04 bits per heavy atom. The first-order valence-corrected chi connectivity index (χ1v) is 8.73. The van der Waals surface area contributed by atoms with Crippen molar-refractivity contribution in [3.05, 3.63) is 28.8 Å². The standard InChI is InChI=1S/C19H23F4NO/c1-3-4-5-6-12-7-9-19(11-24,10-8-12)13-14(20)16(22)18(25-2)17(23)15(13)21/h12H,3-10H2,1-2H3/t12-,19+. The normalized spacial score (nSPS) is 23.3. The minimum absolute atomic E-state index is 0.194. The summed E-state index contributed by atoms with van der Waals surface area (Å²) in [5, 5.41) is 9.59. The van der Waals surface area contributed by atoms with E-state index in [2.05, 4.69) is 11.7 Å². The second-order valence-electron chi connectivity index (χ2n) is 6.80. The van der Waals surface area contributed by atoms with Gasteiger partial charge in [-0.15, -0.1) is 0 Å². The van der Waals surface area contributed by atoms with E-state index in [0.29, 0.717) is 18.8 Å². The summed E-state index contributed by atoms with van der Waals surface area (Å²) in [4.78, 5) is 0. The number of hydrogen-bond acceptors (Lipinski definition) is 2. The summed E-state index contributed by atoms with van der Waals surface area (Å²) >= 11 is 0. The first-order chi connectivity index (χ1) is 11.9. The zero-order chi connectivity index (χ0) is 18.6. The van der Waals surface area contributed by atoms with Gasteiger partial charge in [0.1, 0.15) is 0 Å². The van der Waals surface area contributed by atoms with Gasteiger partial charge < -0.3 is 4.74 Å². The van der Waals surface area contributed by atoms with E-state index in [1.54, 1.807) is 0 Å². The van der Waals surface area contributed by atoms with E-state index in [1.165, 1.54) is 0 Å². The van der Waals surface area contributed by atoms with Crippen molar-refractivity contribution in [3.8, 4) is 11.8 Å². The number of unbranched alkanes of at least 4 members (excludes halogenated alkanes) is 2. The van der Waals surface area contributed by atoms with Gasteiger partial charge in [-0.2, -0.15) is 14.0 Å². The van der Waals surface area contributed by atoms with E-state index in [1.807, 2.05) is 6.07 Å². The molecule has 1 fully saturated rings. The van der Waals surface area contributed by atoms with Gasteiger partial charge in [-0.1, -0.05) is 32.6 Å². The molecule has 1 aromatic carbocycles. The van der Waals surface area contributed by atoms with Crippen LogP contribution in [-0.2, 0) is 5.41 Å². The molecule has 0 aliphatic heterocycles. The van der Waals surface area contributed by atoms with Crippen molar-refractivity contribution in [2.24, 2.45) is 5.92 Å². The van der Waals surface area contributed by atoms with Crippen molar-refractivity contribution in [1.29, 1.82) is 5.26 Å². The van der Waals surface area contributed by atoms with Crippen molar-refractivity contribution in [2.75, 3.05) is 7.11 Å². The predicted molar refractivity (Wildman–Crippen MR) is 86.2 cm³/mol. The zero-order valence-electron chi connectivity index (χ0n) is 14.6. The molecule has 0 aromatic heterocycles. The minimum atomic E-state index is -1.59. The van der Waals surface area contributed by atoms with Crippen LogP contribution in [0.3, 0.4) is 0 Å². The van der Waals surface area contributed by atoms with Crippen molar-refractivity contribution >= 4 is 0 Å². The molecule has 6 heteroatoms. The van der Waals surface area contributed by atoms with Gasteiger partial charge in [-0.05, 0) is 31.6 Å². The lowest BCUT2D eigenvalue weighted by Crippen LogP contribution is -2.33. The fourth-order valence-electron chi connectivity index (χ4n) is 3.77. The summed E-state index contributed by atoms with van der Waals surface area (Å²) in [6.45, 7) is 2.11. The van der Waals surface area contributed by atoms with Crippen LogP contribution < -0.4 is 4.74 Å². The van der Waals surface area contributed by atoms with E-state index < -0.39 is 40.0 Å². The van der Waals surface area contributed by atoms with Crippen LogP contribution in [0, 0.1) is 40.5 Å². The fourth-order valence-corrected chi connectivity index (χ4v) is 3.77. The molecule has 0 saturated heterocycles. The summed E-state index contributed by atoms with van der Waals surface area (Å²) in [7, 11) is 0.932. The Morgan fingerprint density at radius 2 is 1.60 bits per heavy atom. The highest BCUT2D eigenvalue weighted by atomic mass is 19.2. The van der Waals surface area contributed by atoms with E-state index in [0.717, 1.165) is 32.8 Å². The first-order valence-electron chi connectivity index (χ1n) is 8.73. The SMILES string of the molecule is CCCCC[C@H]1CC[C@@](C#N)(c2c(F)c(F)c(OC)c(F)c2F)CC1. The third-order valence-corrected chi connectivity index (χ3v) is 5.29. The number of hydrogen-bond donors (Lipinski definition) is 0. The molecule has 138 valence electrons. The van der Waals surface area contributed by atoms with Crippen molar-refractivity contribution in [3.63, 3.8) is 0 Å². The Morgan fingerprint density at radius 1 is 1.04 bits per heavy atom. The molecule has 2 nitrogen and oxygen atoms in total. The number of ether oxygens (including phenoxy) is 1. The van der Waals surface area contributed by atoms with Gasteiger partial charge in [0, 0.05) is 0 Å². The summed E-state index contributed by atoms with van der Waals surface area (Å²) < 4.78 is 61.3. The van der Waals surface area contributed by atoms with Crippen LogP contribution in [-0.4, -0.2) is 7.11 Å². The molecule has 0 amide bonds. The quantitative estimate of drug-likeness (QED) is 0.367. The maximum atomic E-state index is 14.4. The van der Waals surface area contributed by atoms with Crippen LogP contribution >= 0.6 is 0 Å². The second kappa shape index (κ2) is 8.07. The Hall–Kier alpha value is -1.77. The number of nitrogens with zero attached hydrogens (tertiary/aromatic N) is 1. The Balaban J connectivity index is 2.32. The van der Waals surface area contributed by atoms with Gasteiger partial charge in [0.15, 0.2) is 17.4 Å². The average Bonchev–Trinajstić information content (AvgIpc) is 2.62. The summed E-state index contributed by atoms with van der Waals surface area (Å²) in [6, 6.07) is 1.94. The number of nitriles is 1. The van der Waals surface area contributed by atoms with Crippen molar-refractivity contribution < 1.29 is 22.3 Å². The van der Waals surface area contributed by atoms with Crippen LogP contribution in [0.2, 0.25) is 0 Å². The van der Waals surface area contributed by atoms with Crippen molar-refractivity contribution in [2.45, 2.75) is 63.7 Å². The van der Waals surface area contributed by atoms with Gasteiger partial charge in [0.25, 0.3) is 0 Å². The summed E-state index contributed by atoms with van der Waals surface area (Å²) in [6.07, 6.45) is 5.93. The molecule has 0 N–H and O–H groups in total. The van der Waals surface area contributed by atoms with Crippen LogP contribution in [0.4, 0.5) is 17.6 Å². The van der Waals surface area contributed by atoms with E-state index in [9.17, 15) is 22.8 Å². The number of methoxy groups -OCH3 is 1. The third-order valence-electron chi connectivity index (χ3n) is 5.29. The maximum absolute atomic E-state index is 14.4. The molecule has 1 saturated carbocycles.